The van der Waals surface area contributed by atoms with Crippen molar-refractivity contribution in [2.75, 3.05) is 19.8 Å². The number of rotatable bonds is 12. The molecule has 2 heteroatoms. The summed E-state index contributed by atoms with van der Waals surface area (Å²) in [7, 11) is 0. The molecule has 1 aromatic carbocycles. The topological polar surface area (TPSA) is 21.3 Å². The molecule has 0 atom stereocenters. The summed E-state index contributed by atoms with van der Waals surface area (Å²) in [5.41, 5.74) is 1.51. The molecule has 0 spiro atoms. The van der Waals surface area contributed by atoms with Crippen LogP contribution in [-0.2, 0) is 11.3 Å². The standard InChI is InChI=1S/C19H31NO/c1-4-5-6-7-11-14-21-17-19(2,3)16-20-15-18-12-9-8-10-13-18/h4,8-10,12-13,20H,1,5-7,11,14-17H2,2-3H3. The van der Waals surface area contributed by atoms with Crippen molar-refractivity contribution in [3.63, 3.8) is 0 Å². The molecule has 0 saturated heterocycles. The van der Waals surface area contributed by atoms with Crippen LogP contribution in [0.15, 0.2) is 43.0 Å². The second kappa shape index (κ2) is 10.6. The molecule has 1 aromatic rings. The second-order valence-electron chi connectivity index (χ2n) is 6.44. The molecule has 0 unspecified atom stereocenters. The zero-order chi connectivity index (χ0) is 15.4. The number of ether oxygens (including phenoxy) is 1. The minimum atomic E-state index is 0.176. The minimum absolute atomic E-state index is 0.176. The van der Waals surface area contributed by atoms with Gasteiger partial charge in [0.25, 0.3) is 0 Å². The third-order valence-electron chi connectivity index (χ3n) is 3.47. The second-order valence-corrected chi connectivity index (χ2v) is 6.44. The summed E-state index contributed by atoms with van der Waals surface area (Å²) >= 11 is 0. The molecule has 1 rings (SSSR count). The van der Waals surface area contributed by atoms with Gasteiger partial charge in [0.2, 0.25) is 0 Å². The molecule has 0 aromatic heterocycles. The molecule has 0 saturated carbocycles. The largest absolute Gasteiger partial charge is 0.381 e. The molecule has 118 valence electrons. The highest BCUT2D eigenvalue weighted by atomic mass is 16.5. The van der Waals surface area contributed by atoms with Gasteiger partial charge in [-0.3, -0.25) is 0 Å². The van der Waals surface area contributed by atoms with Crippen molar-refractivity contribution in [3.05, 3.63) is 48.6 Å². The number of allylic oxidation sites excluding steroid dienone is 1. The van der Waals surface area contributed by atoms with Crippen molar-refractivity contribution >= 4 is 0 Å². The van der Waals surface area contributed by atoms with Crippen LogP contribution in [0.3, 0.4) is 0 Å². The molecule has 0 bridgehead atoms. The van der Waals surface area contributed by atoms with Gasteiger partial charge in [0.15, 0.2) is 0 Å². The van der Waals surface area contributed by atoms with Gasteiger partial charge < -0.3 is 10.1 Å². The summed E-state index contributed by atoms with van der Waals surface area (Å²) in [4.78, 5) is 0. The van der Waals surface area contributed by atoms with E-state index in [2.05, 4.69) is 56.1 Å². The average Bonchev–Trinajstić information content (AvgIpc) is 2.47. The van der Waals surface area contributed by atoms with Gasteiger partial charge in [0, 0.05) is 25.1 Å². The Morgan fingerprint density at radius 3 is 2.62 bits per heavy atom. The summed E-state index contributed by atoms with van der Waals surface area (Å²) in [5, 5.41) is 3.52. The number of unbranched alkanes of at least 4 members (excludes halogenated alkanes) is 3. The monoisotopic (exact) mass is 289 g/mol. The first-order valence-electron chi connectivity index (χ1n) is 8.07. The Hall–Kier alpha value is -1.12. The lowest BCUT2D eigenvalue weighted by molar-refractivity contribution is 0.0596. The van der Waals surface area contributed by atoms with Gasteiger partial charge in [0.05, 0.1) is 6.61 Å². The molecule has 0 aliphatic rings. The number of nitrogens with one attached hydrogen (secondary N) is 1. The SMILES string of the molecule is C=CCCCCCOCC(C)(C)CNCc1ccccc1. The van der Waals surface area contributed by atoms with E-state index in [1.807, 2.05) is 6.08 Å². The molecule has 0 radical (unpaired) electrons. The van der Waals surface area contributed by atoms with Crippen LogP contribution < -0.4 is 5.32 Å². The summed E-state index contributed by atoms with van der Waals surface area (Å²) in [5.74, 6) is 0. The number of hydrogen-bond acceptors (Lipinski definition) is 2. The molecule has 21 heavy (non-hydrogen) atoms. The quantitative estimate of drug-likeness (QED) is 0.450. The summed E-state index contributed by atoms with van der Waals surface area (Å²) in [6, 6.07) is 10.5. The Labute approximate surface area is 130 Å². The van der Waals surface area contributed by atoms with E-state index in [0.29, 0.717) is 0 Å². The lowest BCUT2D eigenvalue weighted by Crippen LogP contribution is -2.33. The van der Waals surface area contributed by atoms with Crippen LogP contribution in [0.4, 0.5) is 0 Å². The van der Waals surface area contributed by atoms with Crippen LogP contribution in [0.2, 0.25) is 0 Å². The van der Waals surface area contributed by atoms with Gasteiger partial charge in [-0.05, 0) is 24.8 Å². The highest BCUT2D eigenvalue weighted by Crippen LogP contribution is 2.15. The molecule has 0 aliphatic carbocycles. The van der Waals surface area contributed by atoms with Crippen LogP contribution in [0.25, 0.3) is 0 Å². The van der Waals surface area contributed by atoms with E-state index in [0.717, 1.165) is 39.1 Å². The zero-order valence-electron chi connectivity index (χ0n) is 13.7. The van der Waals surface area contributed by atoms with E-state index in [9.17, 15) is 0 Å². The highest BCUT2D eigenvalue weighted by Gasteiger charge is 2.17. The van der Waals surface area contributed by atoms with Crippen LogP contribution >= 0.6 is 0 Å². The van der Waals surface area contributed by atoms with Crippen LogP contribution in [-0.4, -0.2) is 19.8 Å². The highest BCUT2D eigenvalue weighted by molar-refractivity contribution is 5.14. The van der Waals surface area contributed by atoms with E-state index in [4.69, 9.17) is 4.74 Å². The Balaban J connectivity index is 2.06. The van der Waals surface area contributed by atoms with Gasteiger partial charge in [-0.1, -0.05) is 56.7 Å². The lowest BCUT2D eigenvalue weighted by Gasteiger charge is -2.25. The molecule has 2 nitrogen and oxygen atoms in total. The summed E-state index contributed by atoms with van der Waals surface area (Å²) in [6.45, 7) is 11.8. The first-order chi connectivity index (χ1) is 10.1. The molecule has 1 N–H and O–H groups in total. The molecular weight excluding hydrogens is 258 g/mol. The first kappa shape index (κ1) is 17.9. The molecule has 0 amide bonds. The maximum atomic E-state index is 5.82. The predicted molar refractivity (Wildman–Crippen MR) is 91.4 cm³/mol. The molecule has 0 fully saturated rings. The molecule has 0 heterocycles. The fourth-order valence-electron chi connectivity index (χ4n) is 2.21. The van der Waals surface area contributed by atoms with E-state index in [1.165, 1.54) is 18.4 Å². The van der Waals surface area contributed by atoms with E-state index < -0.39 is 0 Å². The van der Waals surface area contributed by atoms with Crippen molar-refractivity contribution in [1.82, 2.24) is 5.32 Å². The maximum absolute atomic E-state index is 5.82. The molecular formula is C19H31NO. The first-order valence-corrected chi connectivity index (χ1v) is 8.07. The van der Waals surface area contributed by atoms with E-state index in [1.54, 1.807) is 0 Å². The van der Waals surface area contributed by atoms with Crippen molar-refractivity contribution in [1.29, 1.82) is 0 Å². The Bertz CT molecular complexity index is 372. The number of hydrogen-bond donors (Lipinski definition) is 1. The zero-order valence-corrected chi connectivity index (χ0v) is 13.7. The van der Waals surface area contributed by atoms with Gasteiger partial charge >= 0.3 is 0 Å². The van der Waals surface area contributed by atoms with Gasteiger partial charge in [0.1, 0.15) is 0 Å². The predicted octanol–water partition coefficient (Wildman–Crippen LogP) is 4.57. The Kier molecular flexibility index (Phi) is 9.04. The normalized spacial score (nSPS) is 11.5. The van der Waals surface area contributed by atoms with Crippen LogP contribution in [0, 0.1) is 5.41 Å². The van der Waals surface area contributed by atoms with Crippen molar-refractivity contribution in [2.24, 2.45) is 5.41 Å². The smallest absolute Gasteiger partial charge is 0.0529 e. The summed E-state index contributed by atoms with van der Waals surface area (Å²) in [6.07, 6.45) is 6.73. The third kappa shape index (κ3) is 9.43. The van der Waals surface area contributed by atoms with E-state index in [-0.39, 0.29) is 5.41 Å². The van der Waals surface area contributed by atoms with Crippen LogP contribution in [0.5, 0.6) is 0 Å². The fourth-order valence-corrected chi connectivity index (χ4v) is 2.21. The third-order valence-corrected chi connectivity index (χ3v) is 3.47. The summed E-state index contributed by atoms with van der Waals surface area (Å²) < 4.78 is 5.82. The van der Waals surface area contributed by atoms with Crippen molar-refractivity contribution in [3.8, 4) is 0 Å². The van der Waals surface area contributed by atoms with Crippen LogP contribution in [0.1, 0.15) is 45.1 Å². The van der Waals surface area contributed by atoms with Crippen molar-refractivity contribution < 1.29 is 4.74 Å². The average molecular weight is 289 g/mol. The lowest BCUT2D eigenvalue weighted by atomic mass is 9.95. The minimum Gasteiger partial charge on any atom is -0.381 e. The van der Waals surface area contributed by atoms with Gasteiger partial charge in [-0.15, -0.1) is 6.58 Å². The fraction of sp³-hybridized carbons (Fsp3) is 0.579. The number of benzene rings is 1. The van der Waals surface area contributed by atoms with E-state index >= 15 is 0 Å². The van der Waals surface area contributed by atoms with Gasteiger partial charge in [-0.25, -0.2) is 0 Å². The Morgan fingerprint density at radius 2 is 1.90 bits per heavy atom. The van der Waals surface area contributed by atoms with Crippen molar-refractivity contribution in [2.45, 2.75) is 46.1 Å². The Morgan fingerprint density at radius 1 is 1.14 bits per heavy atom. The van der Waals surface area contributed by atoms with Gasteiger partial charge in [-0.2, -0.15) is 0 Å². The maximum Gasteiger partial charge on any atom is 0.0529 e. The molecule has 0 aliphatic heterocycles.